The van der Waals surface area contributed by atoms with Gasteiger partial charge in [0.1, 0.15) is 11.4 Å². The summed E-state index contributed by atoms with van der Waals surface area (Å²) in [4.78, 5) is 36.5. The molecule has 0 aliphatic heterocycles. The van der Waals surface area contributed by atoms with Crippen molar-refractivity contribution < 1.29 is 23.9 Å². The molecule has 12 heteroatoms. The molecule has 0 bridgehead atoms. The molecule has 2 aromatic rings. The number of nitrogens with zero attached hydrogens (tertiary/aromatic N) is 3. The smallest absolute Gasteiger partial charge is 0.304 e. The van der Waals surface area contributed by atoms with Crippen LogP contribution < -0.4 is 10.2 Å². The van der Waals surface area contributed by atoms with Crippen molar-refractivity contribution in [3.05, 3.63) is 44.3 Å². The first-order chi connectivity index (χ1) is 15.9. The molecule has 0 radical (unpaired) electrons. The Labute approximate surface area is 219 Å². The fourth-order valence-corrected chi connectivity index (χ4v) is 4.10. The summed E-state index contributed by atoms with van der Waals surface area (Å²) in [5, 5.41) is 11.8. The van der Waals surface area contributed by atoms with E-state index in [2.05, 4.69) is 47.4 Å². The van der Waals surface area contributed by atoms with E-state index < -0.39 is 24.4 Å². The third kappa shape index (κ3) is 7.51. The minimum absolute atomic E-state index is 0.323. The highest BCUT2D eigenvalue weighted by Gasteiger charge is 2.26. The molecule has 0 aliphatic rings. The average molecular weight is 619 g/mol. The fraction of sp³-hybridized carbons (Fsp3) is 0.318. The van der Waals surface area contributed by atoms with Crippen LogP contribution in [0.1, 0.15) is 34.6 Å². The van der Waals surface area contributed by atoms with Gasteiger partial charge in [-0.25, -0.2) is 0 Å². The summed E-state index contributed by atoms with van der Waals surface area (Å²) in [6.07, 6.45) is -1.54. The number of carbonyl (C=O) groups is 3. The molecule has 1 N–H and O–H groups in total. The highest BCUT2D eigenvalue weighted by molar-refractivity contribution is 9.13. The summed E-state index contributed by atoms with van der Waals surface area (Å²) in [5.41, 5.74) is 1.76. The molecular weight excluding hydrogens is 596 g/mol. The number of rotatable bonds is 8. The van der Waals surface area contributed by atoms with Gasteiger partial charge in [-0.15, -0.1) is 10.2 Å². The summed E-state index contributed by atoms with van der Waals surface area (Å²) >= 11 is 12.9. The van der Waals surface area contributed by atoms with Crippen LogP contribution in [0.5, 0.6) is 0 Å². The van der Waals surface area contributed by atoms with Crippen LogP contribution in [0.15, 0.2) is 49.5 Å². The first-order valence-electron chi connectivity index (χ1n) is 10.00. The minimum Gasteiger partial charge on any atom is -0.442 e. The number of carbonyl (C=O) groups excluding carboxylic acids is 3. The molecule has 2 atom stereocenters. The molecule has 0 spiro atoms. The second-order valence-electron chi connectivity index (χ2n) is 7.10. The maximum Gasteiger partial charge on any atom is 0.304 e. The van der Waals surface area contributed by atoms with Crippen molar-refractivity contribution in [1.29, 1.82) is 0 Å². The molecule has 182 valence electrons. The summed E-state index contributed by atoms with van der Waals surface area (Å²) < 4.78 is 11.9. The van der Waals surface area contributed by atoms with Gasteiger partial charge in [0.15, 0.2) is 12.5 Å². The van der Waals surface area contributed by atoms with Crippen molar-refractivity contribution in [1.82, 2.24) is 0 Å². The lowest BCUT2D eigenvalue weighted by molar-refractivity contribution is -0.150. The van der Waals surface area contributed by atoms with Gasteiger partial charge < -0.3 is 19.7 Å². The van der Waals surface area contributed by atoms with E-state index in [1.807, 2.05) is 0 Å². The first kappa shape index (κ1) is 27.7. The van der Waals surface area contributed by atoms with E-state index in [0.717, 1.165) is 0 Å². The second-order valence-corrected chi connectivity index (χ2v) is 9.10. The van der Waals surface area contributed by atoms with Crippen molar-refractivity contribution in [2.45, 2.75) is 47.1 Å². The summed E-state index contributed by atoms with van der Waals surface area (Å²) in [5.74, 6) is -1.32. The highest BCUT2D eigenvalue weighted by Crippen LogP contribution is 2.39. The van der Waals surface area contributed by atoms with E-state index in [1.54, 1.807) is 49.1 Å². The zero-order valence-corrected chi connectivity index (χ0v) is 23.0. The number of nitrogens with one attached hydrogen (secondary N) is 1. The molecule has 0 saturated carbocycles. The molecule has 0 aromatic heterocycles. The van der Waals surface area contributed by atoms with Gasteiger partial charge in [0.05, 0.1) is 19.7 Å². The lowest BCUT2D eigenvalue weighted by Crippen LogP contribution is -2.44. The summed E-state index contributed by atoms with van der Waals surface area (Å²) in [7, 11) is 0. The van der Waals surface area contributed by atoms with Crippen LogP contribution in [-0.4, -0.2) is 30.3 Å². The summed E-state index contributed by atoms with van der Waals surface area (Å²) in [6, 6.07) is 8.32. The van der Waals surface area contributed by atoms with E-state index in [0.29, 0.717) is 36.7 Å². The van der Waals surface area contributed by atoms with Crippen LogP contribution in [0.3, 0.4) is 0 Å². The molecule has 0 saturated heterocycles. The Kier molecular flexibility index (Phi) is 10.0. The number of halogens is 3. The third-order valence-corrected chi connectivity index (χ3v) is 7.03. The van der Waals surface area contributed by atoms with Gasteiger partial charge in [-0.1, -0.05) is 11.6 Å². The minimum atomic E-state index is -0.771. The predicted octanol–water partition coefficient (Wildman–Crippen LogP) is 6.86. The summed E-state index contributed by atoms with van der Waals surface area (Å²) in [6.45, 7) is 7.21. The van der Waals surface area contributed by atoms with Crippen molar-refractivity contribution in [3.8, 4) is 0 Å². The van der Waals surface area contributed by atoms with Crippen LogP contribution in [0.4, 0.5) is 22.7 Å². The lowest BCUT2D eigenvalue weighted by Gasteiger charge is -2.35. The number of hydrogen-bond donors (Lipinski definition) is 1. The number of benzene rings is 2. The van der Waals surface area contributed by atoms with Gasteiger partial charge in [-0.05, 0) is 76.0 Å². The Bertz CT molecular complexity index is 1110. The maximum atomic E-state index is 11.9. The first-order valence-corrected chi connectivity index (χ1v) is 12.0. The normalized spacial score (nSPS) is 12.7. The molecule has 0 aliphatic carbocycles. The molecule has 34 heavy (non-hydrogen) atoms. The van der Waals surface area contributed by atoms with E-state index in [-0.39, 0.29) is 5.91 Å². The van der Waals surface area contributed by atoms with Crippen LogP contribution in [0.2, 0.25) is 5.02 Å². The van der Waals surface area contributed by atoms with Crippen LogP contribution in [0.25, 0.3) is 0 Å². The SMILES string of the molecule is CC(=O)Nc1cc(N(C(C)OC(C)=O)C(C)OC(C)=O)ccc1N=Nc1ccc(Cl)c(Br)c1Br. The molecule has 1 amide bonds. The van der Waals surface area contributed by atoms with E-state index in [9.17, 15) is 14.4 Å². The Hall–Kier alpha value is -2.50. The van der Waals surface area contributed by atoms with Gasteiger partial charge in [-0.2, -0.15) is 0 Å². The molecule has 0 fully saturated rings. The molecule has 0 heterocycles. The van der Waals surface area contributed by atoms with Gasteiger partial charge in [-0.3, -0.25) is 14.4 Å². The Morgan fingerprint density at radius 2 is 1.44 bits per heavy atom. The highest BCUT2D eigenvalue weighted by atomic mass is 79.9. The number of amides is 1. The predicted molar refractivity (Wildman–Crippen MR) is 137 cm³/mol. The number of azo groups is 1. The van der Waals surface area contributed by atoms with Gasteiger partial charge in [0.2, 0.25) is 5.91 Å². The Morgan fingerprint density at radius 1 is 0.912 bits per heavy atom. The molecule has 2 aromatic carbocycles. The van der Waals surface area contributed by atoms with Gasteiger partial charge >= 0.3 is 11.9 Å². The van der Waals surface area contributed by atoms with Gasteiger partial charge in [0.25, 0.3) is 0 Å². The zero-order chi connectivity index (χ0) is 25.6. The number of esters is 2. The standard InChI is InChI=1S/C22H23Br2ClN4O5/c1-11(30)26-20-10-16(29(12(2)33-14(4)31)13(3)34-15(5)32)6-8-18(20)27-28-19-9-7-17(25)21(23)22(19)24/h6-10,12-13H,1-5H3,(H,26,30). The molecule has 9 nitrogen and oxygen atoms in total. The van der Waals surface area contributed by atoms with Crippen molar-refractivity contribution in [2.24, 2.45) is 10.2 Å². The third-order valence-electron chi connectivity index (χ3n) is 4.33. The molecule has 2 unspecified atom stereocenters. The molecular formula is C22H23Br2ClN4O5. The van der Waals surface area contributed by atoms with Crippen molar-refractivity contribution >= 4 is 84.1 Å². The monoisotopic (exact) mass is 616 g/mol. The van der Waals surface area contributed by atoms with Crippen LogP contribution in [-0.2, 0) is 23.9 Å². The lowest BCUT2D eigenvalue weighted by atomic mass is 10.2. The van der Waals surface area contributed by atoms with E-state index >= 15 is 0 Å². The topological polar surface area (TPSA) is 110 Å². The number of anilines is 2. The van der Waals surface area contributed by atoms with E-state index in [4.69, 9.17) is 21.1 Å². The van der Waals surface area contributed by atoms with Crippen LogP contribution >= 0.6 is 43.5 Å². The Morgan fingerprint density at radius 3 is 1.97 bits per heavy atom. The van der Waals surface area contributed by atoms with Gasteiger partial charge in [0, 0.05) is 26.5 Å². The number of ether oxygens (including phenoxy) is 2. The quantitative estimate of drug-likeness (QED) is 0.150. The van der Waals surface area contributed by atoms with Crippen LogP contribution in [0, 0.1) is 0 Å². The second kappa shape index (κ2) is 12.3. The maximum absolute atomic E-state index is 11.9. The average Bonchev–Trinajstić information content (AvgIpc) is 2.71. The Balaban J connectivity index is 2.52. The zero-order valence-electron chi connectivity index (χ0n) is 19.1. The largest absolute Gasteiger partial charge is 0.442 e. The number of hydrogen-bond acceptors (Lipinski definition) is 8. The van der Waals surface area contributed by atoms with Crippen molar-refractivity contribution in [2.75, 3.05) is 10.2 Å². The molecule has 2 rings (SSSR count). The van der Waals surface area contributed by atoms with E-state index in [1.165, 1.54) is 20.8 Å². The fourth-order valence-electron chi connectivity index (χ4n) is 3.07. The van der Waals surface area contributed by atoms with Crippen molar-refractivity contribution in [3.63, 3.8) is 0 Å².